The van der Waals surface area contributed by atoms with Gasteiger partial charge in [0.05, 0.1) is 17.2 Å². The predicted molar refractivity (Wildman–Crippen MR) is 63.1 cm³/mol. The third kappa shape index (κ3) is 3.48. The Balaban J connectivity index is 2.93. The van der Waals surface area contributed by atoms with E-state index in [1.165, 1.54) is 12.1 Å². The number of benzene rings is 1. The average Bonchev–Trinajstić information content (AvgIpc) is 2.10. The molecule has 1 aromatic carbocycles. The SMILES string of the molecule is CC(C)CS(=O)(=O)Cc1cccc(N)c1F. The van der Waals surface area contributed by atoms with Crippen LogP contribution in [0.4, 0.5) is 10.1 Å². The van der Waals surface area contributed by atoms with E-state index in [0.29, 0.717) is 0 Å². The predicted octanol–water partition coefficient (Wildman–Crippen LogP) is 1.98. The molecule has 0 aliphatic rings. The molecule has 0 fully saturated rings. The van der Waals surface area contributed by atoms with Crippen LogP contribution < -0.4 is 5.73 Å². The van der Waals surface area contributed by atoms with Gasteiger partial charge in [-0.25, -0.2) is 12.8 Å². The van der Waals surface area contributed by atoms with Crippen LogP contribution in [0.2, 0.25) is 0 Å². The van der Waals surface area contributed by atoms with Gasteiger partial charge < -0.3 is 5.73 Å². The number of rotatable bonds is 4. The monoisotopic (exact) mass is 245 g/mol. The van der Waals surface area contributed by atoms with Crippen LogP contribution in [0.15, 0.2) is 18.2 Å². The minimum absolute atomic E-state index is 0.0164. The second kappa shape index (κ2) is 4.82. The molecule has 1 aromatic rings. The van der Waals surface area contributed by atoms with E-state index < -0.39 is 15.7 Å². The molecule has 1 rings (SSSR count). The molecule has 0 saturated heterocycles. The lowest BCUT2D eigenvalue weighted by Gasteiger charge is -2.08. The van der Waals surface area contributed by atoms with Crippen molar-refractivity contribution in [1.82, 2.24) is 0 Å². The van der Waals surface area contributed by atoms with Crippen molar-refractivity contribution < 1.29 is 12.8 Å². The summed E-state index contributed by atoms with van der Waals surface area (Å²) in [7, 11) is -3.27. The van der Waals surface area contributed by atoms with Gasteiger partial charge in [-0.2, -0.15) is 0 Å². The van der Waals surface area contributed by atoms with Crippen LogP contribution in [0.25, 0.3) is 0 Å². The minimum atomic E-state index is -3.27. The topological polar surface area (TPSA) is 60.2 Å². The summed E-state index contributed by atoms with van der Waals surface area (Å²) in [6, 6.07) is 4.41. The molecule has 2 N–H and O–H groups in total. The van der Waals surface area contributed by atoms with Crippen molar-refractivity contribution in [3.63, 3.8) is 0 Å². The van der Waals surface area contributed by atoms with E-state index >= 15 is 0 Å². The number of hydrogen-bond donors (Lipinski definition) is 1. The summed E-state index contributed by atoms with van der Waals surface area (Å²) in [6.45, 7) is 3.63. The molecule has 0 heterocycles. The van der Waals surface area contributed by atoms with Gasteiger partial charge in [-0.3, -0.25) is 0 Å². The van der Waals surface area contributed by atoms with E-state index in [1.54, 1.807) is 6.07 Å². The first-order chi connectivity index (χ1) is 7.32. The normalized spacial score (nSPS) is 12.0. The zero-order chi connectivity index (χ0) is 12.3. The van der Waals surface area contributed by atoms with Crippen LogP contribution in [0.1, 0.15) is 19.4 Å². The maximum Gasteiger partial charge on any atom is 0.154 e. The molecule has 0 spiro atoms. The highest BCUT2D eigenvalue weighted by atomic mass is 32.2. The minimum Gasteiger partial charge on any atom is -0.396 e. The van der Waals surface area contributed by atoms with Crippen molar-refractivity contribution in [3.8, 4) is 0 Å². The second-order valence-corrected chi connectivity index (χ2v) is 6.38. The Bertz CT molecular complexity index is 469. The van der Waals surface area contributed by atoms with E-state index in [1.807, 2.05) is 13.8 Å². The molecule has 0 unspecified atom stereocenters. The summed E-state index contributed by atoms with van der Waals surface area (Å²) in [6.07, 6.45) is 0. The Labute approximate surface area is 95.4 Å². The molecule has 0 aromatic heterocycles. The Hall–Kier alpha value is -1.10. The maximum atomic E-state index is 13.5. The van der Waals surface area contributed by atoms with E-state index in [-0.39, 0.29) is 28.7 Å². The molecule has 90 valence electrons. The fourth-order valence-electron chi connectivity index (χ4n) is 1.51. The summed E-state index contributed by atoms with van der Waals surface area (Å²) in [5, 5.41) is 0. The van der Waals surface area contributed by atoms with Gasteiger partial charge in [0.25, 0.3) is 0 Å². The second-order valence-electron chi connectivity index (χ2n) is 4.27. The van der Waals surface area contributed by atoms with Crippen LogP contribution >= 0.6 is 0 Å². The lowest BCUT2D eigenvalue weighted by atomic mass is 10.2. The summed E-state index contributed by atoms with van der Waals surface area (Å²) < 4.78 is 36.8. The fraction of sp³-hybridized carbons (Fsp3) is 0.455. The smallest absolute Gasteiger partial charge is 0.154 e. The molecular formula is C11H16FNO2S. The van der Waals surface area contributed by atoms with Crippen molar-refractivity contribution in [2.75, 3.05) is 11.5 Å². The van der Waals surface area contributed by atoms with Gasteiger partial charge in [-0.1, -0.05) is 26.0 Å². The quantitative estimate of drug-likeness (QED) is 0.825. The van der Waals surface area contributed by atoms with Crippen LogP contribution in [0.5, 0.6) is 0 Å². The van der Waals surface area contributed by atoms with E-state index in [4.69, 9.17) is 5.73 Å². The van der Waals surface area contributed by atoms with Crippen molar-refractivity contribution in [2.45, 2.75) is 19.6 Å². The molecule has 0 saturated carbocycles. The Kier molecular flexibility index (Phi) is 3.91. The zero-order valence-corrected chi connectivity index (χ0v) is 10.2. The highest BCUT2D eigenvalue weighted by Gasteiger charge is 2.17. The van der Waals surface area contributed by atoms with E-state index in [9.17, 15) is 12.8 Å². The summed E-state index contributed by atoms with van der Waals surface area (Å²) in [5.74, 6) is -0.826. The fourth-order valence-corrected chi connectivity index (χ4v) is 3.35. The van der Waals surface area contributed by atoms with E-state index in [2.05, 4.69) is 0 Å². The lowest BCUT2D eigenvalue weighted by molar-refractivity contribution is 0.576. The molecule has 0 aliphatic heterocycles. The first-order valence-corrected chi connectivity index (χ1v) is 6.87. The average molecular weight is 245 g/mol. The molecule has 0 aliphatic carbocycles. The molecule has 3 nitrogen and oxygen atoms in total. The molecule has 0 amide bonds. The molecule has 0 radical (unpaired) electrons. The molecular weight excluding hydrogens is 229 g/mol. The summed E-state index contributed by atoms with van der Waals surface area (Å²) >= 11 is 0. The number of anilines is 1. The van der Waals surface area contributed by atoms with Crippen LogP contribution in [0, 0.1) is 11.7 Å². The van der Waals surface area contributed by atoms with Gasteiger partial charge in [0.2, 0.25) is 0 Å². The zero-order valence-electron chi connectivity index (χ0n) is 9.40. The van der Waals surface area contributed by atoms with Crippen LogP contribution in [-0.2, 0) is 15.6 Å². The molecule has 0 atom stereocenters. The van der Waals surface area contributed by atoms with Crippen molar-refractivity contribution in [1.29, 1.82) is 0 Å². The summed E-state index contributed by atoms with van der Waals surface area (Å²) in [5.41, 5.74) is 5.49. The Morgan fingerprint density at radius 3 is 2.56 bits per heavy atom. The van der Waals surface area contributed by atoms with Gasteiger partial charge in [-0.15, -0.1) is 0 Å². The first-order valence-electron chi connectivity index (χ1n) is 5.05. The van der Waals surface area contributed by atoms with Gasteiger partial charge >= 0.3 is 0 Å². The number of sulfone groups is 1. The Morgan fingerprint density at radius 2 is 2.00 bits per heavy atom. The third-order valence-corrected chi connectivity index (χ3v) is 4.00. The maximum absolute atomic E-state index is 13.5. The van der Waals surface area contributed by atoms with Crippen molar-refractivity contribution in [2.24, 2.45) is 5.92 Å². The summed E-state index contributed by atoms with van der Waals surface area (Å²) in [4.78, 5) is 0. The first kappa shape index (κ1) is 13.0. The van der Waals surface area contributed by atoms with Gasteiger partial charge in [0, 0.05) is 5.56 Å². The molecule has 5 heteroatoms. The van der Waals surface area contributed by atoms with Crippen LogP contribution in [-0.4, -0.2) is 14.2 Å². The molecule has 16 heavy (non-hydrogen) atoms. The highest BCUT2D eigenvalue weighted by molar-refractivity contribution is 7.90. The Morgan fingerprint density at radius 1 is 1.38 bits per heavy atom. The van der Waals surface area contributed by atoms with Crippen LogP contribution in [0.3, 0.4) is 0 Å². The van der Waals surface area contributed by atoms with Crippen molar-refractivity contribution >= 4 is 15.5 Å². The van der Waals surface area contributed by atoms with Gasteiger partial charge in [0.1, 0.15) is 5.82 Å². The standard InChI is InChI=1S/C11H16FNO2S/c1-8(2)6-16(14,15)7-9-4-3-5-10(13)11(9)12/h3-5,8H,6-7,13H2,1-2H3. The highest BCUT2D eigenvalue weighted by Crippen LogP contribution is 2.18. The van der Waals surface area contributed by atoms with Gasteiger partial charge in [0.15, 0.2) is 9.84 Å². The number of halogens is 1. The van der Waals surface area contributed by atoms with Crippen molar-refractivity contribution in [3.05, 3.63) is 29.6 Å². The third-order valence-electron chi connectivity index (χ3n) is 2.07. The number of hydrogen-bond acceptors (Lipinski definition) is 3. The van der Waals surface area contributed by atoms with E-state index in [0.717, 1.165) is 0 Å². The largest absolute Gasteiger partial charge is 0.396 e. The molecule has 0 bridgehead atoms. The number of nitrogens with two attached hydrogens (primary N) is 1. The lowest BCUT2D eigenvalue weighted by Crippen LogP contribution is -2.15. The number of nitrogen functional groups attached to an aromatic ring is 1. The van der Waals surface area contributed by atoms with Gasteiger partial charge in [-0.05, 0) is 12.0 Å².